The number of nitrogens with one attached hydrogen (secondary N) is 1. The van der Waals surface area contributed by atoms with E-state index in [1.54, 1.807) is 31.5 Å². The molecule has 0 saturated carbocycles. The van der Waals surface area contributed by atoms with Gasteiger partial charge in [0, 0.05) is 37.3 Å². The Morgan fingerprint density at radius 3 is 2.47 bits per heavy atom. The first kappa shape index (κ1) is 22.2. The highest BCUT2D eigenvalue weighted by atomic mass is 32.2. The Hall–Kier alpha value is -2.45. The second-order valence-electron chi connectivity index (χ2n) is 7.79. The standard InChI is InChI=1S/C22H29N3O4S/c1-16(2)17-6-8-20(9-7-17)30(27,28)25-13-10-18(11-14-25)21(26)24-15-19-5-4-12-23-22(19)29-3/h4-9,12,16,18H,10-11,13-15H2,1-3H3,(H,24,26). The Labute approximate surface area is 178 Å². The molecule has 0 bridgehead atoms. The molecule has 1 fully saturated rings. The van der Waals surface area contributed by atoms with E-state index in [1.807, 2.05) is 18.2 Å². The number of benzene rings is 1. The van der Waals surface area contributed by atoms with Crippen LogP contribution in [0.5, 0.6) is 5.88 Å². The fourth-order valence-electron chi connectivity index (χ4n) is 3.60. The van der Waals surface area contributed by atoms with Gasteiger partial charge in [0.1, 0.15) is 0 Å². The minimum Gasteiger partial charge on any atom is -0.481 e. The highest BCUT2D eigenvalue weighted by molar-refractivity contribution is 7.89. The molecule has 1 amide bonds. The molecule has 1 aromatic carbocycles. The van der Waals surface area contributed by atoms with Gasteiger partial charge in [-0.25, -0.2) is 13.4 Å². The molecule has 0 radical (unpaired) electrons. The van der Waals surface area contributed by atoms with Gasteiger partial charge in [0.2, 0.25) is 21.8 Å². The van der Waals surface area contributed by atoms with E-state index in [1.165, 1.54) is 4.31 Å². The maximum absolute atomic E-state index is 12.9. The van der Waals surface area contributed by atoms with Crippen LogP contribution in [-0.4, -0.2) is 43.8 Å². The fourth-order valence-corrected chi connectivity index (χ4v) is 5.07. The number of nitrogens with zero attached hydrogens (tertiary/aromatic N) is 2. The summed E-state index contributed by atoms with van der Waals surface area (Å²) in [5.41, 5.74) is 1.91. The number of methoxy groups -OCH3 is 1. The van der Waals surface area contributed by atoms with E-state index in [4.69, 9.17) is 4.74 Å². The smallest absolute Gasteiger partial charge is 0.243 e. The molecule has 1 saturated heterocycles. The normalized spacial score (nSPS) is 15.9. The van der Waals surface area contributed by atoms with Crippen molar-refractivity contribution in [3.05, 3.63) is 53.7 Å². The summed E-state index contributed by atoms with van der Waals surface area (Å²) in [6.45, 7) is 5.15. The molecule has 0 spiro atoms. The van der Waals surface area contributed by atoms with Gasteiger partial charge in [-0.15, -0.1) is 0 Å². The third kappa shape index (κ3) is 4.99. The average molecular weight is 432 g/mol. The van der Waals surface area contributed by atoms with Gasteiger partial charge < -0.3 is 10.1 Å². The summed E-state index contributed by atoms with van der Waals surface area (Å²) in [5, 5.41) is 2.92. The lowest BCUT2D eigenvalue weighted by Gasteiger charge is -2.30. The van der Waals surface area contributed by atoms with Crippen LogP contribution in [0.2, 0.25) is 0 Å². The Balaban J connectivity index is 1.56. The number of rotatable bonds is 7. The number of aromatic nitrogens is 1. The lowest BCUT2D eigenvalue weighted by atomic mass is 9.97. The van der Waals surface area contributed by atoms with E-state index in [2.05, 4.69) is 24.1 Å². The number of hydrogen-bond acceptors (Lipinski definition) is 5. The molecule has 8 heteroatoms. The molecule has 1 aromatic heterocycles. The zero-order chi connectivity index (χ0) is 21.7. The van der Waals surface area contributed by atoms with Gasteiger partial charge in [0.25, 0.3) is 0 Å². The maximum Gasteiger partial charge on any atom is 0.243 e. The molecule has 7 nitrogen and oxygen atoms in total. The number of amides is 1. The lowest BCUT2D eigenvalue weighted by molar-refractivity contribution is -0.126. The number of ether oxygens (including phenoxy) is 1. The Morgan fingerprint density at radius 2 is 1.87 bits per heavy atom. The predicted molar refractivity (Wildman–Crippen MR) is 115 cm³/mol. The lowest BCUT2D eigenvalue weighted by Crippen LogP contribution is -2.42. The van der Waals surface area contributed by atoms with Gasteiger partial charge in [-0.1, -0.05) is 32.0 Å². The summed E-state index contributed by atoms with van der Waals surface area (Å²) < 4.78 is 32.5. The van der Waals surface area contributed by atoms with Gasteiger partial charge in [-0.3, -0.25) is 4.79 Å². The molecule has 2 heterocycles. The first-order valence-corrected chi connectivity index (χ1v) is 11.6. The van der Waals surface area contributed by atoms with Crippen molar-refractivity contribution >= 4 is 15.9 Å². The number of pyridine rings is 1. The van der Waals surface area contributed by atoms with E-state index in [0.717, 1.165) is 11.1 Å². The van der Waals surface area contributed by atoms with Crippen molar-refractivity contribution < 1.29 is 17.9 Å². The summed E-state index contributed by atoms with van der Waals surface area (Å²) in [6.07, 6.45) is 2.63. The van der Waals surface area contributed by atoms with E-state index in [-0.39, 0.29) is 11.8 Å². The topological polar surface area (TPSA) is 88.6 Å². The summed E-state index contributed by atoms with van der Waals surface area (Å²) in [4.78, 5) is 17.0. The van der Waals surface area contributed by atoms with Crippen LogP contribution >= 0.6 is 0 Å². The molecule has 162 valence electrons. The molecule has 2 aromatic rings. The third-order valence-electron chi connectivity index (χ3n) is 5.51. The summed E-state index contributed by atoms with van der Waals surface area (Å²) in [7, 11) is -2.00. The van der Waals surface area contributed by atoms with Crippen LogP contribution in [0.4, 0.5) is 0 Å². The number of piperidine rings is 1. The zero-order valence-corrected chi connectivity index (χ0v) is 18.5. The average Bonchev–Trinajstić information content (AvgIpc) is 2.77. The highest BCUT2D eigenvalue weighted by Crippen LogP contribution is 2.25. The molecule has 1 aliphatic rings. The summed E-state index contributed by atoms with van der Waals surface area (Å²) in [5.74, 6) is 0.562. The van der Waals surface area contributed by atoms with Crippen LogP contribution in [-0.2, 0) is 21.4 Å². The highest BCUT2D eigenvalue weighted by Gasteiger charge is 2.32. The van der Waals surface area contributed by atoms with Gasteiger partial charge in [0.15, 0.2) is 0 Å². The van der Waals surface area contributed by atoms with Gasteiger partial charge in [-0.2, -0.15) is 4.31 Å². The number of sulfonamides is 1. The Morgan fingerprint density at radius 1 is 1.20 bits per heavy atom. The molecule has 3 rings (SSSR count). The van der Waals surface area contributed by atoms with Gasteiger partial charge in [0.05, 0.1) is 12.0 Å². The molecule has 1 aliphatic heterocycles. The van der Waals surface area contributed by atoms with Crippen LogP contribution < -0.4 is 10.1 Å². The third-order valence-corrected chi connectivity index (χ3v) is 7.42. The second-order valence-corrected chi connectivity index (χ2v) is 9.73. The van der Waals surface area contributed by atoms with Crippen LogP contribution in [0.3, 0.4) is 0 Å². The number of carbonyl (C=O) groups is 1. The molecule has 0 unspecified atom stereocenters. The van der Waals surface area contributed by atoms with Crippen molar-refractivity contribution in [3.63, 3.8) is 0 Å². The molecular weight excluding hydrogens is 402 g/mol. The molecule has 0 aliphatic carbocycles. The van der Waals surface area contributed by atoms with Gasteiger partial charge in [-0.05, 0) is 42.5 Å². The minimum absolute atomic E-state index is 0.0701. The van der Waals surface area contributed by atoms with Crippen molar-refractivity contribution in [3.8, 4) is 5.88 Å². The maximum atomic E-state index is 12.9. The van der Waals surface area contributed by atoms with Crippen molar-refractivity contribution in [2.24, 2.45) is 5.92 Å². The Kier molecular flexibility index (Phi) is 7.10. The molecule has 30 heavy (non-hydrogen) atoms. The van der Waals surface area contributed by atoms with E-state index >= 15 is 0 Å². The van der Waals surface area contributed by atoms with Crippen molar-refractivity contribution in [2.45, 2.75) is 44.0 Å². The molecule has 1 N–H and O–H groups in total. The van der Waals surface area contributed by atoms with E-state index < -0.39 is 10.0 Å². The van der Waals surface area contributed by atoms with E-state index in [0.29, 0.717) is 49.2 Å². The first-order valence-electron chi connectivity index (χ1n) is 10.2. The molecule has 0 atom stereocenters. The minimum atomic E-state index is -3.54. The Bertz CT molecular complexity index is 966. The van der Waals surface area contributed by atoms with Crippen molar-refractivity contribution in [2.75, 3.05) is 20.2 Å². The molecular formula is C22H29N3O4S. The van der Waals surface area contributed by atoms with Crippen LogP contribution in [0.25, 0.3) is 0 Å². The van der Waals surface area contributed by atoms with Crippen molar-refractivity contribution in [1.29, 1.82) is 0 Å². The monoisotopic (exact) mass is 431 g/mol. The van der Waals surface area contributed by atoms with Crippen molar-refractivity contribution in [1.82, 2.24) is 14.6 Å². The van der Waals surface area contributed by atoms with Crippen LogP contribution in [0, 0.1) is 5.92 Å². The first-order chi connectivity index (χ1) is 14.3. The fraction of sp³-hybridized carbons (Fsp3) is 0.455. The number of carbonyl (C=O) groups excluding carboxylic acids is 1. The largest absolute Gasteiger partial charge is 0.481 e. The quantitative estimate of drug-likeness (QED) is 0.728. The predicted octanol–water partition coefficient (Wildman–Crippen LogP) is 2.93. The van der Waals surface area contributed by atoms with Crippen LogP contribution in [0.15, 0.2) is 47.5 Å². The number of hydrogen-bond donors (Lipinski definition) is 1. The summed E-state index contributed by atoms with van der Waals surface area (Å²) in [6, 6.07) is 10.7. The van der Waals surface area contributed by atoms with Crippen LogP contribution in [0.1, 0.15) is 43.7 Å². The zero-order valence-electron chi connectivity index (χ0n) is 17.7. The second kappa shape index (κ2) is 9.57. The SMILES string of the molecule is COc1ncccc1CNC(=O)C1CCN(S(=O)(=O)c2ccc(C(C)C)cc2)CC1. The summed E-state index contributed by atoms with van der Waals surface area (Å²) >= 11 is 0. The van der Waals surface area contributed by atoms with E-state index in [9.17, 15) is 13.2 Å². The van der Waals surface area contributed by atoms with Gasteiger partial charge >= 0.3 is 0 Å².